The van der Waals surface area contributed by atoms with E-state index in [2.05, 4.69) is 289 Å². The molecule has 0 fully saturated rings. The molecule has 0 radical (unpaired) electrons. The molecule has 5 heteroatoms. The zero-order valence-electron chi connectivity index (χ0n) is 42.8. The maximum absolute atomic E-state index is 5.56. The first-order chi connectivity index (χ1) is 38.6. The summed E-state index contributed by atoms with van der Waals surface area (Å²) in [6.07, 6.45) is 6.47. The largest absolute Gasteiger partial charge is 0.310 e. The second kappa shape index (κ2) is 16.7. The summed E-state index contributed by atoms with van der Waals surface area (Å²) in [7, 11) is 0. The van der Waals surface area contributed by atoms with Crippen LogP contribution in [0.5, 0.6) is 0 Å². The lowest BCUT2D eigenvalue weighted by atomic mass is 9.63. The highest BCUT2D eigenvalue weighted by Gasteiger charge is 2.57. The second-order valence-electron chi connectivity index (χ2n) is 20.8. The molecule has 10 aromatic carbocycles. The Morgan fingerprint density at radius 3 is 1.65 bits per heavy atom. The average Bonchev–Trinajstić information content (AvgIpc) is 3.17. The highest BCUT2D eigenvalue weighted by Crippen LogP contribution is 2.68. The second-order valence-corrected chi connectivity index (χ2v) is 20.8. The maximum atomic E-state index is 5.56. The van der Waals surface area contributed by atoms with Gasteiger partial charge in [0, 0.05) is 39.1 Å². The SMILES string of the molecule is C=NC1=C(/C=C\C)C2(c3ccccc3N(c3ccccc3)c3cc4c(cc32)-c2ccccc2C42c3ccccc3-c3ccccc32)c2cc(-n3c4ccccc4c4cc(N(c5ccccc5)c5ccccc5)ccc43)cnc21. The Labute approximate surface area is 453 Å². The van der Waals surface area contributed by atoms with E-state index in [0.29, 0.717) is 0 Å². The summed E-state index contributed by atoms with van der Waals surface area (Å²) in [5.41, 5.74) is 24.6. The van der Waals surface area contributed by atoms with Crippen molar-refractivity contribution in [1.29, 1.82) is 0 Å². The fourth-order valence-electron chi connectivity index (χ4n) is 14.3. The van der Waals surface area contributed by atoms with Gasteiger partial charge in [0.2, 0.25) is 0 Å². The number of aromatic nitrogens is 2. The number of hydrogen-bond acceptors (Lipinski definition) is 4. The lowest BCUT2D eigenvalue weighted by Crippen LogP contribution is -2.37. The van der Waals surface area contributed by atoms with Crippen molar-refractivity contribution in [3.05, 3.63) is 317 Å². The highest BCUT2D eigenvalue weighted by molar-refractivity contribution is 6.11. The van der Waals surface area contributed by atoms with Crippen molar-refractivity contribution in [2.45, 2.75) is 17.8 Å². The van der Waals surface area contributed by atoms with Crippen LogP contribution in [0.4, 0.5) is 34.1 Å². The Hall–Kier alpha value is -10.1. The van der Waals surface area contributed by atoms with Gasteiger partial charge >= 0.3 is 0 Å². The molecule has 16 rings (SSSR count). The molecule has 2 spiro atoms. The van der Waals surface area contributed by atoms with Gasteiger partial charge in [-0.3, -0.25) is 9.98 Å². The molecule has 78 heavy (non-hydrogen) atoms. The van der Waals surface area contributed by atoms with E-state index < -0.39 is 10.8 Å². The summed E-state index contributed by atoms with van der Waals surface area (Å²) >= 11 is 0. The number of nitrogens with zero attached hydrogens (tertiary/aromatic N) is 5. The zero-order chi connectivity index (χ0) is 51.7. The first-order valence-corrected chi connectivity index (χ1v) is 26.9. The summed E-state index contributed by atoms with van der Waals surface area (Å²) in [6, 6.07) is 91.6. The van der Waals surface area contributed by atoms with Crippen molar-refractivity contribution in [2.24, 2.45) is 4.99 Å². The minimum Gasteiger partial charge on any atom is -0.310 e. The summed E-state index contributed by atoms with van der Waals surface area (Å²) in [5.74, 6) is 0. The molecule has 12 aromatic rings. The average molecular weight is 996 g/mol. The molecular formula is C73H49N5. The number of allylic oxidation sites excluding steroid dienone is 3. The summed E-state index contributed by atoms with van der Waals surface area (Å²) in [5, 5.41) is 2.32. The molecule has 1 aliphatic heterocycles. The number of pyridine rings is 1. The van der Waals surface area contributed by atoms with Gasteiger partial charge in [-0.05, 0) is 160 Å². The third-order valence-electron chi connectivity index (χ3n) is 17.2. The van der Waals surface area contributed by atoms with Crippen LogP contribution in [0.15, 0.2) is 278 Å². The lowest BCUT2D eigenvalue weighted by molar-refractivity contribution is 0.737. The van der Waals surface area contributed by atoms with Crippen molar-refractivity contribution in [3.8, 4) is 27.9 Å². The van der Waals surface area contributed by atoms with Crippen LogP contribution in [-0.2, 0) is 10.8 Å². The van der Waals surface area contributed by atoms with E-state index in [4.69, 9.17) is 9.98 Å². The molecule has 1 atom stereocenters. The molecule has 2 aromatic heterocycles. The third kappa shape index (κ3) is 5.74. The lowest BCUT2D eigenvalue weighted by Gasteiger charge is -2.46. The van der Waals surface area contributed by atoms with Gasteiger partial charge in [0.05, 0.1) is 56.5 Å². The number of anilines is 6. The molecule has 1 unspecified atom stereocenters. The summed E-state index contributed by atoms with van der Waals surface area (Å²) < 4.78 is 2.41. The molecule has 3 aliphatic carbocycles. The van der Waals surface area contributed by atoms with Crippen LogP contribution in [0.2, 0.25) is 0 Å². The van der Waals surface area contributed by atoms with Gasteiger partial charge in [-0.1, -0.05) is 176 Å². The first-order valence-electron chi connectivity index (χ1n) is 26.9. The van der Waals surface area contributed by atoms with Gasteiger partial charge < -0.3 is 14.4 Å². The van der Waals surface area contributed by atoms with Crippen LogP contribution in [0.3, 0.4) is 0 Å². The van der Waals surface area contributed by atoms with E-state index in [1.165, 1.54) is 44.5 Å². The predicted molar refractivity (Wildman–Crippen MR) is 322 cm³/mol. The fourth-order valence-corrected chi connectivity index (χ4v) is 14.3. The van der Waals surface area contributed by atoms with Gasteiger partial charge in [0.15, 0.2) is 0 Å². The van der Waals surface area contributed by atoms with Gasteiger partial charge in [-0.2, -0.15) is 0 Å². The molecule has 0 saturated heterocycles. The van der Waals surface area contributed by atoms with Crippen LogP contribution in [-0.4, -0.2) is 16.3 Å². The Kier molecular flexibility index (Phi) is 9.47. The number of rotatable bonds is 7. The first kappa shape index (κ1) is 44.2. The Morgan fingerprint density at radius 1 is 0.436 bits per heavy atom. The van der Waals surface area contributed by atoms with Crippen LogP contribution < -0.4 is 9.80 Å². The summed E-state index contributed by atoms with van der Waals surface area (Å²) in [6.45, 7) is 6.43. The quantitative estimate of drug-likeness (QED) is 0.149. The minimum atomic E-state index is -0.887. The zero-order valence-corrected chi connectivity index (χ0v) is 42.8. The van der Waals surface area contributed by atoms with Crippen molar-refractivity contribution in [3.63, 3.8) is 0 Å². The number of aliphatic imine (C=N–C) groups is 1. The summed E-state index contributed by atoms with van der Waals surface area (Å²) in [4.78, 5) is 15.4. The number of para-hydroxylation sites is 5. The standard InChI is InChI=1S/C73H49N5/c1-3-23-62-70(74-2)71-65(43-51(46-75-71)78-66-38-21-16-33-55(66)57-42-50(40-41-67(57)78)76(47-24-7-4-8-25-47)48-26-9-5-10-27-48)73(62)61-37-20-22-39-68(61)77(49-28-11-6-12-29-49)69-45-63-56(44-64(69)73)54-32-15-19-36-60(54)72(63)58-34-17-13-30-52(58)53-31-14-18-35-59(53)72/h3-46H,2H2,1H3/b23-3-. The maximum Gasteiger partial charge on any atom is 0.0938 e. The van der Waals surface area contributed by atoms with Crippen LogP contribution >= 0.6 is 0 Å². The van der Waals surface area contributed by atoms with Crippen molar-refractivity contribution in [1.82, 2.24) is 9.55 Å². The Bertz CT molecular complexity index is 4460. The third-order valence-corrected chi connectivity index (χ3v) is 17.2. The molecule has 366 valence electrons. The number of fused-ring (bicyclic) bond motifs is 19. The van der Waals surface area contributed by atoms with Gasteiger partial charge in [0.25, 0.3) is 0 Å². The van der Waals surface area contributed by atoms with Gasteiger partial charge in [-0.25, -0.2) is 0 Å². The van der Waals surface area contributed by atoms with Gasteiger partial charge in [-0.15, -0.1) is 0 Å². The number of hydrogen-bond donors (Lipinski definition) is 0. The molecule has 4 aliphatic rings. The molecule has 0 N–H and O–H groups in total. The van der Waals surface area contributed by atoms with Crippen LogP contribution in [0, 0.1) is 0 Å². The van der Waals surface area contributed by atoms with Crippen molar-refractivity contribution >= 4 is 68.3 Å². The van der Waals surface area contributed by atoms with E-state index in [0.717, 1.165) is 95.3 Å². The molecule has 0 saturated carbocycles. The monoisotopic (exact) mass is 995 g/mol. The van der Waals surface area contributed by atoms with Crippen molar-refractivity contribution < 1.29 is 0 Å². The van der Waals surface area contributed by atoms with E-state index >= 15 is 0 Å². The topological polar surface area (TPSA) is 36.7 Å². The highest BCUT2D eigenvalue weighted by atomic mass is 15.2. The minimum absolute atomic E-state index is 0.547. The molecule has 0 amide bonds. The smallest absolute Gasteiger partial charge is 0.0938 e. The van der Waals surface area contributed by atoms with Crippen LogP contribution in [0.1, 0.15) is 51.6 Å². The van der Waals surface area contributed by atoms with E-state index in [9.17, 15) is 0 Å². The predicted octanol–water partition coefficient (Wildman–Crippen LogP) is 18.1. The van der Waals surface area contributed by atoms with E-state index in [-0.39, 0.29) is 0 Å². The number of benzene rings is 10. The van der Waals surface area contributed by atoms with Crippen molar-refractivity contribution in [2.75, 3.05) is 9.80 Å². The van der Waals surface area contributed by atoms with E-state index in [1.807, 2.05) is 6.20 Å². The Morgan fingerprint density at radius 2 is 1.00 bits per heavy atom. The Balaban J connectivity index is 0.995. The molecule has 5 nitrogen and oxygen atoms in total. The van der Waals surface area contributed by atoms with E-state index in [1.54, 1.807) is 0 Å². The normalized spacial score (nSPS) is 15.8. The van der Waals surface area contributed by atoms with Crippen LogP contribution in [0.25, 0.3) is 55.4 Å². The fraction of sp³-hybridized carbons (Fsp3) is 0.0411. The molecule has 0 bridgehead atoms. The van der Waals surface area contributed by atoms with Gasteiger partial charge in [0.1, 0.15) is 0 Å². The molecule has 3 heterocycles. The molecular weight excluding hydrogens is 947 g/mol.